The summed E-state index contributed by atoms with van der Waals surface area (Å²) in [4.78, 5) is 24.3. The molecular weight excluding hydrogens is 427 g/mol. The van der Waals surface area contributed by atoms with Crippen molar-refractivity contribution in [3.05, 3.63) is 95.7 Å². The summed E-state index contributed by atoms with van der Waals surface area (Å²) >= 11 is 0. The van der Waals surface area contributed by atoms with E-state index >= 15 is 0 Å². The maximum absolute atomic E-state index is 14.6. The Kier molecular flexibility index (Phi) is 5.88. The summed E-state index contributed by atoms with van der Waals surface area (Å²) in [7, 11) is 0. The van der Waals surface area contributed by atoms with Gasteiger partial charge in [0.05, 0.1) is 0 Å². The molecule has 0 atom stereocenters. The molecule has 7 heteroatoms. The summed E-state index contributed by atoms with van der Waals surface area (Å²) in [6.45, 7) is 2.03. The maximum Gasteiger partial charge on any atom is 0.251 e. The number of halogens is 2. The highest BCUT2D eigenvalue weighted by Gasteiger charge is 2.12. The lowest BCUT2D eigenvalue weighted by Crippen LogP contribution is -2.22. The fraction of sp³-hybridized carbons (Fsp3) is 0.0800. The van der Waals surface area contributed by atoms with E-state index in [0.29, 0.717) is 16.7 Å². The number of fused-ring (bicyclic) bond motifs is 3. The number of nitrogens with zero attached hydrogens (tertiary/aromatic N) is 2. The van der Waals surface area contributed by atoms with Gasteiger partial charge in [-0.3, -0.25) is 14.8 Å². The summed E-state index contributed by atoms with van der Waals surface area (Å²) < 4.78 is 14.6. The molecule has 32 heavy (non-hydrogen) atoms. The molecule has 0 aliphatic carbocycles. The van der Waals surface area contributed by atoms with Crippen LogP contribution in [0.5, 0.6) is 0 Å². The number of nitrogens with one attached hydrogen (secondary N) is 2. The quantitative estimate of drug-likeness (QED) is 0.378. The highest BCUT2D eigenvalue weighted by Crippen LogP contribution is 2.26. The molecule has 0 bridgehead atoms. The molecule has 0 aliphatic heterocycles. The lowest BCUT2D eigenvalue weighted by atomic mass is 10.1. The van der Waals surface area contributed by atoms with E-state index in [0.717, 1.165) is 27.5 Å². The van der Waals surface area contributed by atoms with Gasteiger partial charge in [0.2, 0.25) is 0 Å². The van der Waals surface area contributed by atoms with Crippen LogP contribution in [0, 0.1) is 12.7 Å². The van der Waals surface area contributed by atoms with Gasteiger partial charge in [0.25, 0.3) is 5.91 Å². The van der Waals surface area contributed by atoms with Crippen molar-refractivity contribution in [1.29, 1.82) is 0 Å². The minimum Gasteiger partial charge on any atom is -0.354 e. The van der Waals surface area contributed by atoms with Gasteiger partial charge in [-0.25, -0.2) is 4.39 Å². The summed E-state index contributed by atoms with van der Waals surface area (Å²) in [6, 6.07) is 18.5. The van der Waals surface area contributed by atoms with Crippen molar-refractivity contribution in [3.63, 3.8) is 0 Å². The normalized spacial score (nSPS) is 10.8. The highest BCUT2D eigenvalue weighted by molar-refractivity contribution is 6.09. The third-order valence-electron chi connectivity index (χ3n) is 5.29. The third-order valence-corrected chi connectivity index (χ3v) is 5.29. The zero-order valence-electron chi connectivity index (χ0n) is 17.2. The predicted molar refractivity (Wildman–Crippen MR) is 126 cm³/mol. The minimum absolute atomic E-state index is 0. The second kappa shape index (κ2) is 8.77. The number of aryl methyl sites for hydroxylation is 1. The topological polar surface area (TPSA) is 70.7 Å². The number of carbonyl (C=O) groups excluding carboxylic acids is 1. The number of amides is 1. The molecule has 3 aromatic heterocycles. The van der Waals surface area contributed by atoms with Gasteiger partial charge in [-0.05, 0) is 48.9 Å². The predicted octanol–water partition coefficient (Wildman–Crippen LogP) is 5.58. The fourth-order valence-electron chi connectivity index (χ4n) is 3.76. The monoisotopic (exact) mass is 446 g/mol. The Balaban J connectivity index is 0.00000245. The number of aromatic nitrogens is 3. The third kappa shape index (κ3) is 4.05. The molecule has 0 spiro atoms. The molecule has 5 rings (SSSR count). The number of pyridine rings is 2. The van der Waals surface area contributed by atoms with E-state index < -0.39 is 5.82 Å². The Morgan fingerprint density at radius 3 is 2.62 bits per heavy atom. The van der Waals surface area contributed by atoms with Crippen LogP contribution in [0.2, 0.25) is 0 Å². The van der Waals surface area contributed by atoms with Crippen molar-refractivity contribution in [2.45, 2.75) is 13.5 Å². The number of hydrogen-bond acceptors (Lipinski definition) is 3. The first kappa shape index (κ1) is 21.5. The zero-order chi connectivity index (χ0) is 21.4. The van der Waals surface area contributed by atoms with Gasteiger partial charge < -0.3 is 10.3 Å². The molecule has 2 N–H and O–H groups in total. The lowest BCUT2D eigenvalue weighted by molar-refractivity contribution is 0.0951. The molecule has 2 aromatic carbocycles. The van der Waals surface area contributed by atoms with Gasteiger partial charge in [-0.1, -0.05) is 24.3 Å². The molecule has 5 nitrogen and oxygen atoms in total. The zero-order valence-corrected chi connectivity index (χ0v) is 18.0. The van der Waals surface area contributed by atoms with Gasteiger partial charge in [0.1, 0.15) is 11.5 Å². The second-order valence-corrected chi connectivity index (χ2v) is 7.47. The van der Waals surface area contributed by atoms with Crippen LogP contribution in [0.25, 0.3) is 33.1 Å². The summed E-state index contributed by atoms with van der Waals surface area (Å²) in [6.07, 6.45) is 3.21. The molecule has 0 fully saturated rings. The Morgan fingerprint density at radius 1 is 1.00 bits per heavy atom. The summed E-state index contributed by atoms with van der Waals surface area (Å²) in [5.74, 6) is -0.661. The molecule has 0 saturated carbocycles. The molecule has 3 heterocycles. The fourth-order valence-corrected chi connectivity index (χ4v) is 3.76. The van der Waals surface area contributed by atoms with Crippen molar-refractivity contribution < 1.29 is 9.18 Å². The van der Waals surface area contributed by atoms with Crippen LogP contribution >= 0.6 is 12.4 Å². The molecule has 0 unspecified atom stereocenters. The first-order valence-electron chi connectivity index (χ1n) is 9.94. The van der Waals surface area contributed by atoms with Crippen LogP contribution in [0.15, 0.2) is 73.1 Å². The van der Waals surface area contributed by atoms with Crippen LogP contribution in [0.4, 0.5) is 4.39 Å². The Bertz CT molecular complexity index is 1450. The van der Waals surface area contributed by atoms with Gasteiger partial charge in [-0.2, -0.15) is 0 Å². The lowest BCUT2D eigenvalue weighted by Gasteiger charge is -2.08. The van der Waals surface area contributed by atoms with Crippen LogP contribution in [0.3, 0.4) is 0 Å². The number of carbonyl (C=O) groups is 1. The van der Waals surface area contributed by atoms with Crippen molar-refractivity contribution >= 4 is 40.1 Å². The Hall–Kier alpha value is -3.77. The largest absolute Gasteiger partial charge is 0.354 e. The number of benzene rings is 2. The van der Waals surface area contributed by atoms with E-state index in [4.69, 9.17) is 0 Å². The maximum atomic E-state index is 14.6. The molecule has 0 aliphatic rings. The number of H-pyrrole nitrogens is 1. The Morgan fingerprint density at radius 2 is 1.81 bits per heavy atom. The Labute approximate surface area is 190 Å². The van der Waals surface area contributed by atoms with E-state index in [1.807, 2.05) is 43.3 Å². The van der Waals surface area contributed by atoms with Gasteiger partial charge in [0, 0.05) is 57.6 Å². The average molecular weight is 447 g/mol. The minimum atomic E-state index is -0.433. The first-order valence-corrected chi connectivity index (χ1v) is 9.94. The summed E-state index contributed by atoms with van der Waals surface area (Å²) in [5.41, 5.74) is 4.79. The van der Waals surface area contributed by atoms with Gasteiger partial charge >= 0.3 is 0 Å². The van der Waals surface area contributed by atoms with E-state index in [1.54, 1.807) is 30.6 Å². The smallest absolute Gasteiger partial charge is 0.251 e. The van der Waals surface area contributed by atoms with E-state index in [-0.39, 0.29) is 30.6 Å². The standard InChI is InChI=1S/C25H19FN4O.ClH/c1-15-10-17(8-9-27-15)24-21(26)11-16(13-28-24)14-29-25(31)18-6-7-20-19-4-2-3-5-22(19)30-23(20)12-18;/h2-13,30H,14H2,1H3,(H,29,31);1H. The van der Waals surface area contributed by atoms with E-state index in [9.17, 15) is 9.18 Å². The van der Waals surface area contributed by atoms with Crippen molar-refractivity contribution in [3.8, 4) is 11.3 Å². The van der Waals surface area contributed by atoms with E-state index in [1.165, 1.54) is 6.07 Å². The summed E-state index contributed by atoms with van der Waals surface area (Å²) in [5, 5.41) is 5.03. The average Bonchev–Trinajstić information content (AvgIpc) is 3.15. The van der Waals surface area contributed by atoms with Crippen molar-refractivity contribution in [2.24, 2.45) is 0 Å². The van der Waals surface area contributed by atoms with Crippen LogP contribution in [0.1, 0.15) is 21.6 Å². The number of aromatic amines is 1. The van der Waals surface area contributed by atoms with Crippen molar-refractivity contribution in [2.75, 3.05) is 0 Å². The molecular formula is C25H20ClFN4O. The number of rotatable bonds is 4. The van der Waals surface area contributed by atoms with Crippen LogP contribution < -0.4 is 5.32 Å². The number of hydrogen-bond donors (Lipinski definition) is 2. The first-order chi connectivity index (χ1) is 15.1. The van der Waals surface area contributed by atoms with E-state index in [2.05, 4.69) is 20.3 Å². The SMILES string of the molecule is Cc1cc(-c2ncc(CNC(=O)c3ccc4c(c3)[nH]c3ccccc34)cc2F)ccn1.Cl. The van der Waals surface area contributed by atoms with Crippen LogP contribution in [-0.2, 0) is 6.54 Å². The van der Waals surface area contributed by atoms with Crippen LogP contribution in [-0.4, -0.2) is 20.9 Å². The highest BCUT2D eigenvalue weighted by atomic mass is 35.5. The molecule has 1 amide bonds. The van der Waals surface area contributed by atoms with Gasteiger partial charge in [0.15, 0.2) is 0 Å². The molecule has 0 radical (unpaired) electrons. The molecule has 5 aromatic rings. The number of para-hydroxylation sites is 1. The van der Waals surface area contributed by atoms with Crippen molar-refractivity contribution in [1.82, 2.24) is 20.3 Å². The molecule has 0 saturated heterocycles. The van der Waals surface area contributed by atoms with Gasteiger partial charge in [-0.15, -0.1) is 12.4 Å². The second-order valence-electron chi connectivity index (χ2n) is 7.47. The molecule has 160 valence electrons.